The van der Waals surface area contributed by atoms with E-state index in [0.29, 0.717) is 5.41 Å². The molecule has 0 bridgehead atoms. The van der Waals surface area contributed by atoms with Gasteiger partial charge in [-0.25, -0.2) is 0 Å². The Kier molecular flexibility index (Phi) is 2.76. The van der Waals surface area contributed by atoms with Crippen molar-refractivity contribution in [2.75, 3.05) is 19.5 Å². The molecule has 0 aliphatic carbocycles. The Morgan fingerprint density at radius 2 is 1.56 bits per heavy atom. The van der Waals surface area contributed by atoms with Gasteiger partial charge in [0, 0.05) is 0 Å². The van der Waals surface area contributed by atoms with Gasteiger partial charge in [-0.2, -0.15) is 0 Å². The Morgan fingerprint density at radius 3 is 1.56 bits per heavy atom. The summed E-state index contributed by atoms with van der Waals surface area (Å²) in [7, 11) is 5.93. The topological polar surface area (TPSA) is 0 Å². The quantitative estimate of drug-likeness (QED) is 0.390. The Balaban J connectivity index is 3.90. The summed E-state index contributed by atoms with van der Waals surface area (Å²) in [5, 5.41) is 0. The second-order valence-corrected chi connectivity index (χ2v) is 8.37. The first-order chi connectivity index (χ1) is 3.71. The Labute approximate surface area is 60.4 Å². The van der Waals surface area contributed by atoms with Crippen molar-refractivity contribution in [3.05, 3.63) is 0 Å². The molecular formula is C7H17BP. The minimum absolute atomic E-state index is 0.409. The van der Waals surface area contributed by atoms with Crippen LogP contribution in [-0.4, -0.2) is 26.7 Å². The predicted octanol–water partition coefficient (Wildman–Crippen LogP) is 2.39. The Hall–Kier alpha value is 0.495. The molecule has 0 heterocycles. The van der Waals surface area contributed by atoms with Crippen LogP contribution in [-0.2, 0) is 0 Å². The van der Waals surface area contributed by atoms with Crippen LogP contribution in [0.25, 0.3) is 0 Å². The van der Waals surface area contributed by atoms with Crippen LogP contribution in [0.1, 0.15) is 20.8 Å². The summed E-state index contributed by atoms with van der Waals surface area (Å²) in [5.74, 6) is 0. The van der Waals surface area contributed by atoms with Crippen LogP contribution in [0, 0.1) is 5.41 Å². The third-order valence-electron chi connectivity index (χ3n) is 0.882. The van der Waals surface area contributed by atoms with Gasteiger partial charge in [-0.05, 0) is 0 Å². The average molecular weight is 143 g/mol. The van der Waals surface area contributed by atoms with E-state index >= 15 is 0 Å². The zero-order valence-corrected chi connectivity index (χ0v) is 8.13. The number of rotatable bonds is 1. The summed E-state index contributed by atoms with van der Waals surface area (Å²) in [5.41, 5.74) is 0.409. The molecule has 1 radical (unpaired) electrons. The molecular weight excluding hydrogens is 126 g/mol. The third-order valence-corrected chi connectivity index (χ3v) is 2.65. The summed E-state index contributed by atoms with van der Waals surface area (Å²) < 4.78 is 0. The molecule has 0 rings (SSSR count). The molecule has 0 N–H and O–H groups in total. The second-order valence-electron chi connectivity index (χ2n) is 4.50. The van der Waals surface area contributed by atoms with E-state index in [-0.39, 0.29) is 0 Å². The fourth-order valence-corrected chi connectivity index (χ4v) is 3.67. The van der Waals surface area contributed by atoms with Gasteiger partial charge in [0.05, 0.1) is 0 Å². The van der Waals surface area contributed by atoms with Gasteiger partial charge >= 0.3 is 59.6 Å². The van der Waals surface area contributed by atoms with Gasteiger partial charge in [0.25, 0.3) is 0 Å². The molecule has 0 saturated carbocycles. The van der Waals surface area contributed by atoms with Gasteiger partial charge in [-0.3, -0.25) is 0 Å². The molecule has 0 aromatic heterocycles. The third kappa shape index (κ3) is 8.49. The van der Waals surface area contributed by atoms with E-state index in [1.54, 1.807) is 0 Å². The van der Waals surface area contributed by atoms with Crippen LogP contribution in [0.4, 0.5) is 0 Å². The normalized spacial score (nSPS) is 13.8. The summed E-state index contributed by atoms with van der Waals surface area (Å²) in [6.45, 7) is 10.0. The second kappa shape index (κ2) is 2.62. The molecule has 0 unspecified atom stereocenters. The van der Waals surface area contributed by atoms with E-state index < -0.39 is 6.75 Å². The van der Waals surface area contributed by atoms with E-state index in [1.165, 1.54) is 6.16 Å². The Bertz CT molecular complexity index is 126. The summed E-state index contributed by atoms with van der Waals surface area (Å²) in [4.78, 5) is 0. The molecule has 0 saturated heterocycles. The molecule has 0 atom stereocenters. The standard InChI is InChI=1S/C7H17BP/c1-7(2,3)6-9(4,5)8/h6H2,1-5H3. The molecule has 0 spiro atoms. The van der Waals surface area contributed by atoms with E-state index in [2.05, 4.69) is 34.1 Å². The predicted molar refractivity (Wildman–Crippen MR) is 48.8 cm³/mol. The van der Waals surface area contributed by atoms with Crippen LogP contribution < -0.4 is 0 Å². The monoisotopic (exact) mass is 143 g/mol. The molecule has 0 aliphatic heterocycles. The van der Waals surface area contributed by atoms with Crippen molar-refractivity contribution in [2.45, 2.75) is 20.8 Å². The number of hydrogen-bond donors (Lipinski definition) is 0. The van der Waals surface area contributed by atoms with Crippen LogP contribution in [0.3, 0.4) is 0 Å². The maximum absolute atomic E-state index is 5.93. The minimum atomic E-state index is -1.04. The molecule has 0 aromatic carbocycles. The van der Waals surface area contributed by atoms with E-state index in [9.17, 15) is 0 Å². The fraction of sp³-hybridized carbons (Fsp3) is 1.00. The molecule has 9 heavy (non-hydrogen) atoms. The molecule has 0 nitrogen and oxygen atoms in total. The van der Waals surface area contributed by atoms with Gasteiger partial charge in [0.15, 0.2) is 0 Å². The van der Waals surface area contributed by atoms with Crippen molar-refractivity contribution >= 4 is 13.9 Å². The molecule has 0 amide bonds. The van der Waals surface area contributed by atoms with Crippen molar-refractivity contribution in [3.8, 4) is 0 Å². The fourth-order valence-electron chi connectivity index (χ4n) is 1.22. The van der Waals surface area contributed by atoms with Gasteiger partial charge in [0.2, 0.25) is 0 Å². The van der Waals surface area contributed by atoms with E-state index in [1.807, 2.05) is 0 Å². The van der Waals surface area contributed by atoms with Crippen LogP contribution >= 0.6 is 6.75 Å². The first kappa shape index (κ1) is 9.49. The zero-order valence-electron chi connectivity index (χ0n) is 7.23. The average Bonchev–Trinajstić information content (AvgIpc) is 1.14. The van der Waals surface area contributed by atoms with Crippen molar-refractivity contribution in [1.29, 1.82) is 0 Å². The molecule has 2 heteroatoms. The van der Waals surface area contributed by atoms with Crippen LogP contribution in [0.2, 0.25) is 0 Å². The first-order valence-electron chi connectivity index (χ1n) is 3.32. The number of hydrogen-bond acceptors (Lipinski definition) is 0. The first-order valence-corrected chi connectivity index (χ1v) is 6.26. The van der Waals surface area contributed by atoms with Crippen LogP contribution in [0.15, 0.2) is 0 Å². The van der Waals surface area contributed by atoms with Gasteiger partial charge in [-0.1, -0.05) is 0 Å². The molecule has 53 valence electrons. The van der Waals surface area contributed by atoms with E-state index in [0.717, 1.165) is 0 Å². The molecule has 0 fully saturated rings. The summed E-state index contributed by atoms with van der Waals surface area (Å²) >= 11 is 0. The van der Waals surface area contributed by atoms with Crippen molar-refractivity contribution in [3.63, 3.8) is 0 Å². The summed E-state index contributed by atoms with van der Waals surface area (Å²) in [6, 6.07) is 0. The van der Waals surface area contributed by atoms with Gasteiger partial charge in [-0.15, -0.1) is 0 Å². The maximum atomic E-state index is 5.93. The van der Waals surface area contributed by atoms with Crippen molar-refractivity contribution in [1.82, 2.24) is 0 Å². The Morgan fingerprint density at radius 1 is 1.22 bits per heavy atom. The van der Waals surface area contributed by atoms with Gasteiger partial charge < -0.3 is 0 Å². The van der Waals surface area contributed by atoms with Crippen molar-refractivity contribution in [2.24, 2.45) is 5.41 Å². The zero-order chi connectivity index (χ0) is 7.71. The van der Waals surface area contributed by atoms with Gasteiger partial charge in [0.1, 0.15) is 0 Å². The van der Waals surface area contributed by atoms with Crippen LogP contribution in [0.5, 0.6) is 0 Å². The van der Waals surface area contributed by atoms with E-state index in [4.69, 9.17) is 7.18 Å². The summed E-state index contributed by atoms with van der Waals surface area (Å²) in [6.07, 6.45) is 1.18. The SMILES string of the molecule is [B]=P(C)(C)CC(C)(C)C. The molecule has 0 aliphatic rings. The van der Waals surface area contributed by atoms with Crippen molar-refractivity contribution < 1.29 is 0 Å². The molecule has 0 aromatic rings.